The van der Waals surface area contributed by atoms with E-state index in [1.807, 2.05) is 10.6 Å². The van der Waals surface area contributed by atoms with Gasteiger partial charge in [0, 0.05) is 55.5 Å². The lowest BCUT2D eigenvalue weighted by Crippen LogP contribution is -2.39. The largest absolute Gasteiger partial charge is 0.438 e. The van der Waals surface area contributed by atoms with Crippen molar-refractivity contribution < 1.29 is 22.8 Å². The van der Waals surface area contributed by atoms with Crippen LogP contribution < -0.4 is 11.4 Å². The molecule has 2 fully saturated rings. The number of aryl methyl sites for hydroxylation is 2. The molecule has 0 radical (unpaired) electrons. The van der Waals surface area contributed by atoms with E-state index in [9.17, 15) is 14.0 Å². The van der Waals surface area contributed by atoms with E-state index in [1.165, 1.54) is 33.7 Å². The Morgan fingerprint density at radius 3 is 2.52 bits per heavy atom. The van der Waals surface area contributed by atoms with Gasteiger partial charge >= 0.3 is 11.4 Å². The first-order valence-electron chi connectivity index (χ1n) is 21.2. The minimum Gasteiger partial charge on any atom is -0.376 e. The number of benzene rings is 3. The van der Waals surface area contributed by atoms with Crippen molar-refractivity contribution in [1.29, 1.82) is 0 Å². The molecule has 1 aliphatic carbocycles. The highest BCUT2D eigenvalue weighted by molar-refractivity contribution is 5.99. The number of nitrogens with one attached hydrogen (secondary N) is 1. The number of carbonyl (C=O) groups is 1. The molecule has 0 spiro atoms. The van der Waals surface area contributed by atoms with Gasteiger partial charge in [0.05, 0.1) is 46.3 Å². The van der Waals surface area contributed by atoms with E-state index < -0.39 is 28.6 Å². The normalized spacial score (nSPS) is 20.8. The maximum atomic E-state index is 16.0. The third-order valence-corrected chi connectivity index (χ3v) is 13.5. The Kier molecular flexibility index (Phi) is 8.55. The minimum absolute atomic E-state index is 0.00735. The van der Waals surface area contributed by atoms with Crippen LogP contribution in [-0.4, -0.2) is 73.0 Å². The summed E-state index contributed by atoms with van der Waals surface area (Å²) < 4.78 is 49.5. The van der Waals surface area contributed by atoms with Crippen LogP contribution in [0.1, 0.15) is 84.6 Å². The lowest BCUT2D eigenvalue weighted by molar-refractivity contribution is -0.0592. The van der Waals surface area contributed by atoms with Crippen molar-refractivity contribution in [3.63, 3.8) is 0 Å². The van der Waals surface area contributed by atoms with Crippen molar-refractivity contribution in [2.75, 3.05) is 13.2 Å². The molecule has 3 atom stereocenters. The summed E-state index contributed by atoms with van der Waals surface area (Å²) in [6.45, 7) is 8.96. The molecule has 1 saturated carbocycles. The van der Waals surface area contributed by atoms with Crippen molar-refractivity contribution in [1.82, 2.24) is 48.3 Å². The summed E-state index contributed by atoms with van der Waals surface area (Å²) in [4.78, 5) is 46.7. The number of carbonyl (C=O) groups excluding carboxylic acids is 1. The molecule has 63 heavy (non-hydrogen) atoms. The first-order chi connectivity index (χ1) is 30.2. The molecule has 1 amide bonds. The summed E-state index contributed by atoms with van der Waals surface area (Å²) >= 11 is 0. The molecule has 11 rings (SSSR count). The monoisotopic (exact) mass is 854 g/mol. The number of ether oxygens (including phenoxy) is 1. The Labute approximate surface area is 358 Å². The highest BCUT2D eigenvalue weighted by Gasteiger charge is 2.59. The first kappa shape index (κ1) is 39.0. The topological polar surface area (TPSA) is 156 Å². The van der Waals surface area contributed by atoms with E-state index in [0.717, 1.165) is 29.3 Å². The molecule has 322 valence electrons. The molecule has 0 bridgehead atoms. The van der Waals surface area contributed by atoms with Crippen LogP contribution in [0.25, 0.3) is 39.0 Å². The number of fused-ring (bicyclic) bond motifs is 3. The number of amides is 1. The number of aromatic amines is 1. The molecule has 1 saturated heterocycles. The first-order valence-corrected chi connectivity index (χ1v) is 21.2. The fourth-order valence-electron chi connectivity index (χ4n) is 10.1. The average molecular weight is 855 g/mol. The van der Waals surface area contributed by atoms with Crippen molar-refractivity contribution in [3.05, 3.63) is 140 Å². The number of aromatic nitrogens is 9. The number of hydrogen-bond donors (Lipinski definition) is 1. The number of imidazole rings is 1. The maximum Gasteiger partial charge on any atom is 0.438 e. The van der Waals surface area contributed by atoms with E-state index >= 15 is 9.18 Å². The fraction of sp³-hybridized carbons (Fsp3) is 0.348. The highest BCUT2D eigenvalue weighted by atomic mass is 19.1. The van der Waals surface area contributed by atoms with Crippen molar-refractivity contribution in [3.8, 4) is 17.2 Å². The second-order valence-electron chi connectivity index (χ2n) is 17.9. The van der Waals surface area contributed by atoms with Crippen LogP contribution in [0.2, 0.25) is 0 Å². The molecule has 15 nitrogen and oxygen atoms in total. The van der Waals surface area contributed by atoms with E-state index in [0.29, 0.717) is 71.4 Å². The van der Waals surface area contributed by atoms with Gasteiger partial charge in [0.1, 0.15) is 22.9 Å². The Hall–Kier alpha value is -6.88. The SMILES string of the molecule is Cc1cc(-n2nc3c(c2-n2ccn(-c4ccc5c(cnn5C)c4F)c2=O)CN(C(=O)c2cc4cc([C@H]5CCOC(C)(C)C5)ccc4n2[C@@]2(c4noc(=O)[nH]4)C[C@@H]2C)CC3)ccc1F. The molecule has 17 heteroatoms. The number of nitrogens with zero attached hydrogens (tertiary/aromatic N) is 9. The predicted octanol–water partition coefficient (Wildman–Crippen LogP) is 6.57. The van der Waals surface area contributed by atoms with Crippen LogP contribution in [0.15, 0.2) is 87.3 Å². The van der Waals surface area contributed by atoms with Gasteiger partial charge in [0.15, 0.2) is 11.6 Å². The van der Waals surface area contributed by atoms with Crippen LogP contribution in [0, 0.1) is 24.5 Å². The summed E-state index contributed by atoms with van der Waals surface area (Å²) in [5.41, 5.74) is 3.51. The zero-order valence-corrected chi connectivity index (χ0v) is 35.4. The van der Waals surface area contributed by atoms with Gasteiger partial charge in [0.25, 0.3) is 5.91 Å². The van der Waals surface area contributed by atoms with Crippen LogP contribution in [0.5, 0.6) is 0 Å². The second kappa shape index (κ2) is 13.8. The molecule has 1 N–H and O–H groups in total. The summed E-state index contributed by atoms with van der Waals surface area (Å²) in [6, 6.07) is 16.1. The van der Waals surface area contributed by atoms with E-state index in [2.05, 4.69) is 54.2 Å². The van der Waals surface area contributed by atoms with Crippen LogP contribution >= 0.6 is 0 Å². The van der Waals surface area contributed by atoms with Gasteiger partial charge in [-0.15, -0.1) is 0 Å². The number of rotatable bonds is 7. The Morgan fingerprint density at radius 1 is 0.984 bits per heavy atom. The van der Waals surface area contributed by atoms with Crippen LogP contribution in [0.4, 0.5) is 8.78 Å². The average Bonchev–Trinajstić information content (AvgIpc) is 3.88. The Morgan fingerprint density at radius 2 is 1.78 bits per heavy atom. The molecule has 5 aromatic heterocycles. The fourth-order valence-corrected chi connectivity index (χ4v) is 10.1. The standard InChI is InChI=1S/C46H44F2N10O5/c1-25-18-30(7-8-33(25)47)58-40(56-16-15-55(44(56)61)37-11-10-36-31(39(37)48)23-49-53(36)5)32-24-54(14-12-34(32)51-58)41(59)38-20-29-19-27(28-13-17-62-45(3,4)22-28)6-9-35(29)57(38)46(21-26(46)2)42-50-43(60)63-52-42/h6-11,15-16,18-20,23,26,28H,12-14,17,21-22,24H2,1-5H3,(H,50,52,60)/t26-,28-,46-/m0/s1. The van der Waals surface area contributed by atoms with Gasteiger partial charge in [-0.3, -0.25) is 28.1 Å². The Balaban J connectivity index is 1.03. The van der Waals surface area contributed by atoms with Crippen LogP contribution in [0.3, 0.4) is 0 Å². The van der Waals surface area contributed by atoms with Gasteiger partial charge in [0.2, 0.25) is 0 Å². The number of hydrogen-bond acceptors (Lipinski definition) is 8. The zero-order chi connectivity index (χ0) is 43.7. The molecular weight excluding hydrogens is 811 g/mol. The van der Waals surface area contributed by atoms with Gasteiger partial charge in [-0.2, -0.15) is 10.2 Å². The summed E-state index contributed by atoms with van der Waals surface area (Å²) in [6.07, 6.45) is 7.17. The molecule has 0 unspecified atom stereocenters. The van der Waals surface area contributed by atoms with Gasteiger partial charge in [-0.05, 0) is 112 Å². The minimum atomic E-state index is -0.844. The Bertz CT molecular complexity index is 3310. The molecular formula is C46H44F2N10O5. The van der Waals surface area contributed by atoms with Gasteiger partial charge < -0.3 is 14.2 Å². The lowest BCUT2D eigenvalue weighted by Gasteiger charge is -2.35. The zero-order valence-electron chi connectivity index (χ0n) is 35.4. The number of halogens is 2. The molecule has 2 aliphatic heterocycles. The van der Waals surface area contributed by atoms with Gasteiger partial charge in [-0.1, -0.05) is 18.1 Å². The highest BCUT2D eigenvalue weighted by Crippen LogP contribution is 2.56. The summed E-state index contributed by atoms with van der Waals surface area (Å²) in [7, 11) is 1.72. The molecule has 3 aliphatic rings. The van der Waals surface area contributed by atoms with Crippen molar-refractivity contribution in [2.24, 2.45) is 13.0 Å². The summed E-state index contributed by atoms with van der Waals surface area (Å²) in [5, 5.41) is 14.5. The quantitative estimate of drug-likeness (QED) is 0.189. The predicted molar refractivity (Wildman–Crippen MR) is 228 cm³/mol. The van der Waals surface area contributed by atoms with E-state index in [-0.39, 0.29) is 41.0 Å². The third-order valence-electron chi connectivity index (χ3n) is 13.5. The number of H-pyrrole nitrogens is 1. The maximum absolute atomic E-state index is 16.0. The third kappa shape index (κ3) is 5.99. The van der Waals surface area contributed by atoms with E-state index in [4.69, 9.17) is 14.4 Å². The summed E-state index contributed by atoms with van der Waals surface area (Å²) in [5.74, 6) is -0.952. The molecule has 7 heterocycles. The smallest absolute Gasteiger partial charge is 0.376 e. The van der Waals surface area contributed by atoms with Gasteiger partial charge in [-0.25, -0.2) is 23.1 Å². The van der Waals surface area contributed by atoms with Crippen LogP contribution in [-0.2, 0) is 30.3 Å². The van der Waals surface area contributed by atoms with E-state index in [1.54, 1.807) is 52.6 Å². The molecule has 3 aromatic carbocycles. The molecule has 8 aromatic rings. The van der Waals surface area contributed by atoms with Crippen molar-refractivity contribution >= 4 is 27.7 Å². The van der Waals surface area contributed by atoms with Crippen molar-refractivity contribution in [2.45, 2.75) is 77.0 Å². The second-order valence-corrected chi connectivity index (χ2v) is 17.9. The lowest BCUT2D eigenvalue weighted by atomic mass is 9.83.